The standard InChI is InChI=1S/C15H17FN2O3S/c1-12-4-5-14(16)15(9-12)22(20,21)18(7-8-19)11-13-3-2-6-17-10-13/h2-6,9-10,19H,7-8,11H2,1H3. The Morgan fingerprint density at radius 3 is 2.73 bits per heavy atom. The maximum Gasteiger partial charge on any atom is 0.246 e. The van der Waals surface area contributed by atoms with Crippen molar-refractivity contribution in [2.45, 2.75) is 18.4 Å². The number of aliphatic hydroxyl groups excluding tert-OH is 1. The predicted molar refractivity (Wildman–Crippen MR) is 80.1 cm³/mol. The van der Waals surface area contributed by atoms with Crippen LogP contribution in [0.2, 0.25) is 0 Å². The van der Waals surface area contributed by atoms with Crippen molar-refractivity contribution in [3.05, 3.63) is 59.7 Å². The Balaban J connectivity index is 2.39. The lowest BCUT2D eigenvalue weighted by Crippen LogP contribution is -2.33. The number of aliphatic hydroxyl groups is 1. The van der Waals surface area contributed by atoms with E-state index in [1.54, 1.807) is 25.3 Å². The molecular weight excluding hydrogens is 307 g/mol. The van der Waals surface area contributed by atoms with Crippen LogP contribution in [0.25, 0.3) is 0 Å². The molecule has 2 aromatic rings. The highest BCUT2D eigenvalue weighted by Crippen LogP contribution is 2.22. The van der Waals surface area contributed by atoms with E-state index in [0.717, 1.165) is 10.4 Å². The van der Waals surface area contributed by atoms with Crippen LogP contribution in [0.15, 0.2) is 47.6 Å². The molecule has 22 heavy (non-hydrogen) atoms. The van der Waals surface area contributed by atoms with Gasteiger partial charge in [0, 0.05) is 25.5 Å². The summed E-state index contributed by atoms with van der Waals surface area (Å²) in [5.74, 6) is -0.806. The summed E-state index contributed by atoms with van der Waals surface area (Å²) in [5, 5.41) is 9.13. The fourth-order valence-corrected chi connectivity index (χ4v) is 3.61. The summed E-state index contributed by atoms with van der Waals surface area (Å²) in [7, 11) is -4.04. The van der Waals surface area contributed by atoms with Crippen molar-refractivity contribution < 1.29 is 17.9 Å². The molecule has 0 saturated carbocycles. The van der Waals surface area contributed by atoms with Crippen LogP contribution < -0.4 is 0 Å². The van der Waals surface area contributed by atoms with Crippen molar-refractivity contribution in [2.75, 3.05) is 13.2 Å². The normalized spacial score (nSPS) is 11.8. The van der Waals surface area contributed by atoms with Gasteiger partial charge in [0.2, 0.25) is 10.0 Å². The quantitative estimate of drug-likeness (QED) is 0.878. The third-order valence-electron chi connectivity index (χ3n) is 3.14. The van der Waals surface area contributed by atoms with E-state index in [4.69, 9.17) is 5.11 Å². The summed E-state index contributed by atoms with van der Waals surface area (Å²) in [6, 6.07) is 7.33. The van der Waals surface area contributed by atoms with E-state index < -0.39 is 15.8 Å². The lowest BCUT2D eigenvalue weighted by molar-refractivity contribution is 0.250. The number of nitrogens with zero attached hydrogens (tertiary/aromatic N) is 2. The summed E-state index contributed by atoms with van der Waals surface area (Å²) in [6.07, 6.45) is 3.11. The molecule has 0 unspecified atom stereocenters. The average Bonchev–Trinajstić information content (AvgIpc) is 2.50. The van der Waals surface area contributed by atoms with Gasteiger partial charge in [-0.3, -0.25) is 4.98 Å². The number of rotatable bonds is 6. The molecule has 0 aliphatic rings. The van der Waals surface area contributed by atoms with Crippen molar-refractivity contribution in [1.29, 1.82) is 0 Å². The molecule has 5 nitrogen and oxygen atoms in total. The van der Waals surface area contributed by atoms with Gasteiger partial charge in [0.25, 0.3) is 0 Å². The molecule has 1 N–H and O–H groups in total. The van der Waals surface area contributed by atoms with Gasteiger partial charge in [0.05, 0.1) is 6.61 Å². The van der Waals surface area contributed by atoms with Gasteiger partial charge < -0.3 is 5.11 Å². The number of aromatic nitrogens is 1. The van der Waals surface area contributed by atoms with Crippen molar-refractivity contribution in [2.24, 2.45) is 0 Å². The Morgan fingerprint density at radius 1 is 1.32 bits per heavy atom. The molecule has 0 fully saturated rings. The largest absolute Gasteiger partial charge is 0.395 e. The van der Waals surface area contributed by atoms with Gasteiger partial charge in [-0.05, 0) is 36.2 Å². The minimum atomic E-state index is -4.04. The summed E-state index contributed by atoms with van der Waals surface area (Å²) in [4.78, 5) is 3.54. The molecule has 1 aromatic heterocycles. The first-order valence-electron chi connectivity index (χ1n) is 6.71. The molecule has 0 bridgehead atoms. The second-order valence-electron chi connectivity index (χ2n) is 4.86. The van der Waals surface area contributed by atoms with Crippen LogP contribution in [0.3, 0.4) is 0 Å². The van der Waals surface area contributed by atoms with Crippen LogP contribution in [0.1, 0.15) is 11.1 Å². The maximum absolute atomic E-state index is 13.9. The lowest BCUT2D eigenvalue weighted by Gasteiger charge is -2.21. The number of halogens is 1. The van der Waals surface area contributed by atoms with Crippen molar-refractivity contribution >= 4 is 10.0 Å². The molecule has 2 rings (SSSR count). The van der Waals surface area contributed by atoms with Gasteiger partial charge in [-0.25, -0.2) is 12.8 Å². The third kappa shape index (κ3) is 3.68. The number of sulfonamides is 1. The van der Waals surface area contributed by atoms with Gasteiger partial charge >= 0.3 is 0 Å². The highest BCUT2D eigenvalue weighted by molar-refractivity contribution is 7.89. The summed E-state index contributed by atoms with van der Waals surface area (Å²) >= 11 is 0. The minimum Gasteiger partial charge on any atom is -0.395 e. The van der Waals surface area contributed by atoms with Crippen LogP contribution in [-0.4, -0.2) is 36.0 Å². The highest BCUT2D eigenvalue weighted by Gasteiger charge is 2.27. The van der Waals surface area contributed by atoms with Gasteiger partial charge in [-0.2, -0.15) is 4.31 Å². The Labute approximate surface area is 129 Å². The minimum absolute atomic E-state index is 0.0180. The molecular formula is C15H17FN2O3S. The smallest absolute Gasteiger partial charge is 0.246 e. The first kappa shape index (κ1) is 16.5. The number of pyridine rings is 1. The summed E-state index contributed by atoms with van der Waals surface area (Å²) < 4.78 is 40.3. The first-order chi connectivity index (χ1) is 10.4. The van der Waals surface area contributed by atoms with Gasteiger partial charge in [0.15, 0.2) is 0 Å². The van der Waals surface area contributed by atoms with Crippen molar-refractivity contribution in [1.82, 2.24) is 9.29 Å². The molecule has 0 aliphatic carbocycles. The Bertz CT molecular complexity index is 736. The van der Waals surface area contributed by atoms with Crippen molar-refractivity contribution in [3.8, 4) is 0 Å². The zero-order valence-electron chi connectivity index (χ0n) is 12.1. The van der Waals surface area contributed by atoms with E-state index in [2.05, 4.69) is 4.98 Å². The average molecular weight is 324 g/mol. The molecule has 118 valence electrons. The van der Waals surface area contributed by atoms with Crippen LogP contribution in [0, 0.1) is 12.7 Å². The van der Waals surface area contributed by atoms with Crippen LogP contribution in [-0.2, 0) is 16.6 Å². The van der Waals surface area contributed by atoms with E-state index in [9.17, 15) is 12.8 Å². The number of aryl methyl sites for hydroxylation is 1. The van der Waals surface area contributed by atoms with Crippen LogP contribution >= 0.6 is 0 Å². The topological polar surface area (TPSA) is 70.5 Å². The summed E-state index contributed by atoms with van der Waals surface area (Å²) in [5.41, 5.74) is 1.30. The fraction of sp³-hybridized carbons (Fsp3) is 0.267. The van der Waals surface area contributed by atoms with Gasteiger partial charge in [-0.1, -0.05) is 12.1 Å². The lowest BCUT2D eigenvalue weighted by atomic mass is 10.2. The van der Waals surface area contributed by atoms with E-state index in [0.29, 0.717) is 11.1 Å². The zero-order chi connectivity index (χ0) is 16.2. The second-order valence-corrected chi connectivity index (χ2v) is 6.76. The molecule has 1 heterocycles. The number of hydrogen-bond acceptors (Lipinski definition) is 4. The van der Waals surface area contributed by atoms with Crippen LogP contribution in [0.5, 0.6) is 0 Å². The molecule has 0 atom stereocenters. The van der Waals surface area contributed by atoms with Gasteiger partial charge in [0.1, 0.15) is 10.7 Å². The molecule has 0 spiro atoms. The molecule has 0 aliphatic heterocycles. The summed E-state index contributed by atoms with van der Waals surface area (Å²) in [6.45, 7) is 1.23. The molecule has 7 heteroatoms. The van der Waals surface area contributed by atoms with Gasteiger partial charge in [-0.15, -0.1) is 0 Å². The SMILES string of the molecule is Cc1ccc(F)c(S(=O)(=O)N(CCO)Cc2cccnc2)c1. The maximum atomic E-state index is 13.9. The molecule has 1 aromatic carbocycles. The van der Waals surface area contributed by atoms with E-state index in [1.165, 1.54) is 18.3 Å². The van der Waals surface area contributed by atoms with Crippen molar-refractivity contribution in [3.63, 3.8) is 0 Å². The van der Waals surface area contributed by atoms with E-state index >= 15 is 0 Å². The van der Waals surface area contributed by atoms with E-state index in [-0.39, 0.29) is 24.6 Å². The monoisotopic (exact) mass is 324 g/mol. The molecule has 0 radical (unpaired) electrons. The van der Waals surface area contributed by atoms with E-state index in [1.807, 2.05) is 0 Å². The molecule has 0 saturated heterocycles. The zero-order valence-corrected chi connectivity index (χ0v) is 12.9. The fourth-order valence-electron chi connectivity index (χ4n) is 2.04. The number of benzene rings is 1. The third-order valence-corrected chi connectivity index (χ3v) is 5.00. The molecule has 0 amide bonds. The first-order valence-corrected chi connectivity index (χ1v) is 8.15. The Morgan fingerprint density at radius 2 is 2.09 bits per heavy atom. The van der Waals surface area contributed by atoms with Crippen LogP contribution in [0.4, 0.5) is 4.39 Å². The second kappa shape index (κ2) is 6.95. The Hall–Kier alpha value is -1.83. The number of hydrogen-bond donors (Lipinski definition) is 1. The predicted octanol–water partition coefficient (Wildman–Crippen LogP) is 1.71. The Kier molecular flexibility index (Phi) is 5.23. The highest BCUT2D eigenvalue weighted by atomic mass is 32.2.